The second-order valence-electron chi connectivity index (χ2n) is 17.5. The molecule has 85 heavy (non-hydrogen) atoms. The number of amides is 4. The smallest absolute Gasteiger partial charge is 0.497 e. The number of nitrogens with zero attached hydrogens (tertiary/aromatic N) is 2. The fraction of sp³-hybridized carbons (Fsp3) is 0.133. The van der Waals surface area contributed by atoms with Gasteiger partial charge in [-0.25, -0.2) is 0 Å². The van der Waals surface area contributed by atoms with Gasteiger partial charge in [0.1, 0.15) is 57.9 Å². The van der Waals surface area contributed by atoms with Crippen LogP contribution in [0.2, 0.25) is 0 Å². The van der Waals surface area contributed by atoms with E-state index in [1.807, 2.05) is 48.5 Å². The molecule has 0 atom stereocenters. The Morgan fingerprint density at radius 2 is 0.576 bits per heavy atom. The SMILES string of the molecule is COc1cc(NC(=N)/N=C(\[NH-])Nc2cc(OC)cc(OC)c2)cc(OC)c1.COc1cc(NC(=N)/N=C(\[NH-])Nc2cc(OC)cc(OC)c2)cc(OC)c1.O=C1NC(=O)c2cccc3cccc1c23.O=C1NC(=O)c2cccc3cccc1c23.[Ni+2]. The summed E-state index contributed by atoms with van der Waals surface area (Å²) in [6, 6.07) is 42.2. The molecule has 2 heterocycles. The summed E-state index contributed by atoms with van der Waals surface area (Å²) in [5.41, 5.74) is 20.4. The second kappa shape index (κ2) is 29.6. The number of anilines is 4. The third kappa shape index (κ3) is 16.5. The van der Waals surface area contributed by atoms with E-state index in [2.05, 4.69) is 41.9 Å². The van der Waals surface area contributed by atoms with E-state index in [-0.39, 0.29) is 64.0 Å². The number of hydrogen-bond acceptors (Lipinski definition) is 14. The number of nitrogens with one attached hydrogen (secondary N) is 10. The Labute approximate surface area is 498 Å². The van der Waals surface area contributed by atoms with Crippen LogP contribution < -0.4 is 69.8 Å². The molecule has 0 fully saturated rings. The zero-order chi connectivity index (χ0) is 60.5. The van der Waals surface area contributed by atoms with E-state index in [1.165, 1.54) is 56.9 Å². The maximum absolute atomic E-state index is 11.6. The molecule has 2 aliphatic rings. The van der Waals surface area contributed by atoms with Crippen LogP contribution in [-0.2, 0) is 16.5 Å². The number of ether oxygens (including phenoxy) is 8. The van der Waals surface area contributed by atoms with Crippen LogP contribution in [0.3, 0.4) is 0 Å². The quantitative estimate of drug-likeness (QED) is 0.0244. The maximum atomic E-state index is 11.6. The number of carbonyl (C=O) groups is 4. The molecule has 0 aromatic heterocycles. The first kappa shape index (κ1) is 63.1. The predicted molar refractivity (Wildman–Crippen MR) is 323 cm³/mol. The molecular formula is C60H58N12NiO12. The Kier molecular flexibility index (Phi) is 22.0. The van der Waals surface area contributed by atoms with Crippen molar-refractivity contribution in [1.82, 2.24) is 10.6 Å². The van der Waals surface area contributed by atoms with Gasteiger partial charge in [0.2, 0.25) is 0 Å². The first-order valence-electron chi connectivity index (χ1n) is 25.0. The number of carbonyl (C=O) groups excluding carboxylic acids is 4. The molecule has 4 amide bonds. The van der Waals surface area contributed by atoms with Crippen molar-refractivity contribution < 1.29 is 73.6 Å². The standard InChI is InChI=1S/2C18H22N5O4.2C12H7NO2.Ni/c2*1-24-13-5-11(6-14(9-13)25-2)21-17(19)23-18(20)22-12-7-15(26-3)10-16(8-12)27-4;2*14-11-8-5-1-3-7-4-2-6-9(10(7)8)12(15)13-11;/h2*5-10H,1-4H3,(H4-,19,20,21,22,23);2*1-6H,(H,13,14,15);/q2*-1;;;+2. The average Bonchev–Trinajstić information content (AvgIpc) is 3.42. The van der Waals surface area contributed by atoms with Gasteiger partial charge < -0.3 is 80.6 Å². The van der Waals surface area contributed by atoms with Crippen LogP contribution in [0, 0.1) is 10.8 Å². The molecule has 10 N–H and O–H groups in total. The summed E-state index contributed by atoms with van der Waals surface area (Å²) >= 11 is 0. The number of benzene rings is 8. The molecular weight excluding hydrogens is 1140 g/mol. The summed E-state index contributed by atoms with van der Waals surface area (Å²) in [6.45, 7) is 0. The predicted octanol–water partition coefficient (Wildman–Crippen LogP) is 10.6. The van der Waals surface area contributed by atoms with Gasteiger partial charge in [0.25, 0.3) is 23.6 Å². The molecule has 0 bridgehead atoms. The van der Waals surface area contributed by atoms with Crippen LogP contribution in [0.5, 0.6) is 46.0 Å². The van der Waals surface area contributed by atoms with Gasteiger partial charge >= 0.3 is 16.5 Å². The van der Waals surface area contributed by atoms with E-state index >= 15 is 0 Å². The van der Waals surface area contributed by atoms with Crippen molar-refractivity contribution >= 4 is 91.8 Å². The van der Waals surface area contributed by atoms with Crippen LogP contribution in [-0.4, -0.2) is 104 Å². The van der Waals surface area contributed by atoms with Crippen molar-refractivity contribution in [2.45, 2.75) is 0 Å². The average molecular weight is 1200 g/mol. The van der Waals surface area contributed by atoms with Gasteiger partial charge in [0, 0.05) is 105 Å². The van der Waals surface area contributed by atoms with Crippen molar-refractivity contribution in [2.75, 3.05) is 78.1 Å². The zero-order valence-corrected chi connectivity index (χ0v) is 48.0. The van der Waals surface area contributed by atoms with Gasteiger partial charge in [-0.05, 0) is 70.7 Å². The van der Waals surface area contributed by atoms with Gasteiger partial charge in [-0.2, -0.15) is 0 Å². The number of aliphatic imine (C=N–C) groups is 2. The van der Waals surface area contributed by atoms with E-state index in [1.54, 1.807) is 97.1 Å². The molecule has 10 rings (SSSR count). The molecule has 0 radical (unpaired) electrons. The fourth-order valence-electron chi connectivity index (χ4n) is 8.32. The van der Waals surface area contributed by atoms with Gasteiger partial charge in [-0.1, -0.05) is 48.5 Å². The Balaban J connectivity index is 0.000000187. The van der Waals surface area contributed by atoms with Gasteiger partial charge in [0.05, 0.1) is 56.9 Å². The Morgan fingerprint density at radius 1 is 0.365 bits per heavy atom. The van der Waals surface area contributed by atoms with Gasteiger partial charge in [0.15, 0.2) is 0 Å². The summed E-state index contributed by atoms with van der Waals surface area (Å²) in [7, 11) is 12.3. The topological polar surface area (TPSA) is 334 Å². The van der Waals surface area contributed by atoms with Gasteiger partial charge in [-0.3, -0.25) is 40.6 Å². The third-order valence-corrected chi connectivity index (χ3v) is 12.1. The van der Waals surface area contributed by atoms with Crippen molar-refractivity contribution in [3.05, 3.63) is 179 Å². The van der Waals surface area contributed by atoms with Crippen LogP contribution in [0.4, 0.5) is 22.7 Å². The molecule has 2 aliphatic heterocycles. The van der Waals surface area contributed by atoms with E-state index in [0.717, 1.165) is 21.5 Å². The maximum Gasteiger partial charge on any atom is 2.00 e. The summed E-state index contributed by atoms with van der Waals surface area (Å²) < 4.78 is 41.5. The van der Waals surface area contributed by atoms with E-state index in [4.69, 9.17) is 60.2 Å². The third-order valence-electron chi connectivity index (χ3n) is 12.1. The molecule has 8 aromatic rings. The van der Waals surface area contributed by atoms with Crippen LogP contribution in [0.15, 0.2) is 156 Å². The molecule has 0 saturated heterocycles. The summed E-state index contributed by atoms with van der Waals surface area (Å²) in [6.07, 6.45) is 0. The van der Waals surface area contributed by atoms with Crippen molar-refractivity contribution in [2.24, 2.45) is 9.98 Å². The minimum absolute atomic E-state index is 0. The zero-order valence-electron chi connectivity index (χ0n) is 47.0. The fourth-order valence-corrected chi connectivity index (χ4v) is 8.32. The first-order valence-corrected chi connectivity index (χ1v) is 25.0. The normalized spacial score (nSPS) is 11.8. The number of rotatable bonds is 12. The number of guanidine groups is 4. The Hall–Kier alpha value is -11.1. The molecule has 0 unspecified atom stereocenters. The number of imide groups is 2. The molecule has 0 aliphatic carbocycles. The van der Waals surface area contributed by atoms with Gasteiger partial charge in [-0.15, -0.1) is 0 Å². The molecule has 0 spiro atoms. The minimum Gasteiger partial charge on any atom is -0.497 e. The Bertz CT molecular complexity index is 3440. The summed E-state index contributed by atoms with van der Waals surface area (Å²) in [5, 5.41) is 35.0. The molecule has 24 nitrogen and oxygen atoms in total. The number of methoxy groups -OCH3 is 8. The van der Waals surface area contributed by atoms with Crippen LogP contribution in [0.25, 0.3) is 33.0 Å². The number of hydrogen-bond donors (Lipinski definition) is 8. The molecule has 0 saturated carbocycles. The first-order chi connectivity index (χ1) is 40.5. The van der Waals surface area contributed by atoms with Crippen molar-refractivity contribution in [1.29, 1.82) is 10.8 Å². The summed E-state index contributed by atoms with van der Waals surface area (Å²) in [5.74, 6) is 2.41. The minimum atomic E-state index is -0.315. The monoisotopic (exact) mass is 1200 g/mol. The molecule has 8 aromatic carbocycles. The van der Waals surface area contributed by atoms with Crippen LogP contribution >= 0.6 is 0 Å². The van der Waals surface area contributed by atoms with E-state index in [9.17, 15) is 19.2 Å². The van der Waals surface area contributed by atoms with Crippen molar-refractivity contribution in [3.63, 3.8) is 0 Å². The molecule has 25 heteroatoms. The largest absolute Gasteiger partial charge is 2.00 e. The van der Waals surface area contributed by atoms with E-state index < -0.39 is 0 Å². The Morgan fingerprint density at radius 3 is 0.788 bits per heavy atom. The molecule has 440 valence electrons. The summed E-state index contributed by atoms with van der Waals surface area (Å²) in [4.78, 5) is 53.9. The van der Waals surface area contributed by atoms with Crippen LogP contribution in [0.1, 0.15) is 41.4 Å². The van der Waals surface area contributed by atoms with E-state index in [0.29, 0.717) is 91.0 Å². The van der Waals surface area contributed by atoms with Crippen molar-refractivity contribution in [3.8, 4) is 46.0 Å². The second-order valence-corrected chi connectivity index (χ2v) is 17.5.